The van der Waals surface area contributed by atoms with Gasteiger partial charge in [-0.2, -0.15) is 0 Å². The van der Waals surface area contributed by atoms with Crippen LogP contribution in [-0.4, -0.2) is 34.2 Å². The molecule has 0 aliphatic heterocycles. The molecule has 2 aromatic heterocycles. The maximum atomic E-state index is 12.0. The van der Waals surface area contributed by atoms with Gasteiger partial charge in [0, 0.05) is 12.4 Å². The van der Waals surface area contributed by atoms with Crippen LogP contribution in [0, 0.1) is 6.92 Å². The van der Waals surface area contributed by atoms with Crippen molar-refractivity contribution in [3.63, 3.8) is 0 Å². The van der Waals surface area contributed by atoms with E-state index < -0.39 is 0 Å². The Morgan fingerprint density at radius 3 is 2.60 bits per heavy atom. The summed E-state index contributed by atoms with van der Waals surface area (Å²) in [5.74, 6) is 2.40. The van der Waals surface area contributed by atoms with Gasteiger partial charge in [-0.1, -0.05) is 12.1 Å². The third-order valence-corrected chi connectivity index (χ3v) is 3.53. The van der Waals surface area contributed by atoms with Gasteiger partial charge in [0.2, 0.25) is 0 Å². The van der Waals surface area contributed by atoms with Gasteiger partial charge in [0.1, 0.15) is 11.6 Å². The number of nitrogens with one attached hydrogen (secondary N) is 1. The Labute approximate surface area is 145 Å². The summed E-state index contributed by atoms with van der Waals surface area (Å²) >= 11 is 0. The average Bonchev–Trinajstić information content (AvgIpc) is 3.07. The Morgan fingerprint density at radius 1 is 1.16 bits per heavy atom. The van der Waals surface area contributed by atoms with E-state index in [1.54, 1.807) is 37.7 Å². The van der Waals surface area contributed by atoms with Gasteiger partial charge < -0.3 is 14.8 Å². The number of nitrogens with zero attached hydrogens (tertiary/aromatic N) is 3. The molecule has 1 aromatic carbocycles. The Morgan fingerprint density at radius 2 is 1.96 bits per heavy atom. The number of hydrogen-bond acceptors (Lipinski definition) is 5. The summed E-state index contributed by atoms with van der Waals surface area (Å²) in [7, 11) is 1.55. The number of hydrogen-bond donors (Lipinski definition) is 1. The molecule has 2 heterocycles. The molecule has 1 amide bonds. The minimum Gasteiger partial charge on any atom is -0.493 e. The van der Waals surface area contributed by atoms with Gasteiger partial charge in [-0.05, 0) is 31.2 Å². The number of imidazole rings is 1. The van der Waals surface area contributed by atoms with Crippen LogP contribution in [0.4, 0.5) is 5.69 Å². The van der Waals surface area contributed by atoms with E-state index in [-0.39, 0.29) is 12.5 Å². The van der Waals surface area contributed by atoms with E-state index in [0.717, 1.165) is 11.6 Å². The monoisotopic (exact) mass is 338 g/mol. The van der Waals surface area contributed by atoms with Crippen molar-refractivity contribution in [2.75, 3.05) is 19.0 Å². The number of carbonyl (C=O) groups excluding carboxylic acids is 1. The number of ether oxygens (including phenoxy) is 2. The lowest BCUT2D eigenvalue weighted by atomic mass is 10.3. The predicted octanol–water partition coefficient (Wildman–Crippen LogP) is 2.60. The molecule has 3 rings (SSSR count). The van der Waals surface area contributed by atoms with E-state index in [9.17, 15) is 4.79 Å². The molecule has 0 bridgehead atoms. The second kappa shape index (κ2) is 7.48. The molecule has 0 aliphatic carbocycles. The van der Waals surface area contributed by atoms with Crippen LogP contribution in [0.1, 0.15) is 5.82 Å². The molecule has 3 aromatic rings. The number of rotatable bonds is 6. The van der Waals surface area contributed by atoms with Crippen LogP contribution in [-0.2, 0) is 4.79 Å². The SMILES string of the molecule is COc1ccccc1OCC(=O)Nc1ccc(-n2ccnc2C)nc1. The van der Waals surface area contributed by atoms with E-state index in [2.05, 4.69) is 15.3 Å². The van der Waals surface area contributed by atoms with Crippen molar-refractivity contribution in [1.82, 2.24) is 14.5 Å². The third-order valence-electron chi connectivity index (χ3n) is 3.53. The fraction of sp³-hybridized carbons (Fsp3) is 0.167. The number of para-hydroxylation sites is 2. The molecule has 0 radical (unpaired) electrons. The van der Waals surface area contributed by atoms with Crippen molar-refractivity contribution in [2.45, 2.75) is 6.92 Å². The normalized spacial score (nSPS) is 10.3. The molecule has 0 saturated carbocycles. The summed E-state index contributed by atoms with van der Waals surface area (Å²) < 4.78 is 12.5. The number of aromatic nitrogens is 3. The number of benzene rings is 1. The number of pyridine rings is 1. The topological polar surface area (TPSA) is 78.3 Å². The standard InChI is InChI=1S/C18H18N4O3/c1-13-19-9-10-22(13)17-8-7-14(11-20-17)21-18(23)12-25-16-6-4-3-5-15(16)24-2/h3-11H,12H2,1-2H3,(H,21,23). The molecular formula is C18H18N4O3. The fourth-order valence-corrected chi connectivity index (χ4v) is 2.30. The molecule has 1 N–H and O–H groups in total. The van der Waals surface area contributed by atoms with E-state index in [1.807, 2.05) is 35.9 Å². The van der Waals surface area contributed by atoms with Crippen LogP contribution in [0.3, 0.4) is 0 Å². The number of methoxy groups -OCH3 is 1. The first-order valence-electron chi connectivity index (χ1n) is 7.69. The highest BCUT2D eigenvalue weighted by Gasteiger charge is 2.08. The first kappa shape index (κ1) is 16.5. The zero-order valence-corrected chi connectivity index (χ0v) is 14.0. The molecule has 0 fully saturated rings. The van der Waals surface area contributed by atoms with Gasteiger partial charge in [0.15, 0.2) is 18.1 Å². The van der Waals surface area contributed by atoms with Gasteiger partial charge >= 0.3 is 0 Å². The molecule has 0 unspecified atom stereocenters. The zero-order chi connectivity index (χ0) is 17.6. The maximum absolute atomic E-state index is 12.0. The highest BCUT2D eigenvalue weighted by atomic mass is 16.5. The van der Waals surface area contributed by atoms with Crippen LogP contribution in [0.15, 0.2) is 55.0 Å². The lowest BCUT2D eigenvalue weighted by Gasteiger charge is -2.11. The third kappa shape index (κ3) is 3.95. The summed E-state index contributed by atoms with van der Waals surface area (Å²) in [6, 6.07) is 10.8. The van der Waals surface area contributed by atoms with Crippen molar-refractivity contribution in [2.24, 2.45) is 0 Å². The van der Waals surface area contributed by atoms with Crippen LogP contribution >= 0.6 is 0 Å². The Kier molecular flexibility index (Phi) is 4.94. The molecular weight excluding hydrogens is 320 g/mol. The largest absolute Gasteiger partial charge is 0.493 e. The summed E-state index contributed by atoms with van der Waals surface area (Å²) in [5.41, 5.74) is 0.593. The number of carbonyl (C=O) groups is 1. The van der Waals surface area contributed by atoms with E-state index >= 15 is 0 Å². The van der Waals surface area contributed by atoms with Crippen LogP contribution in [0.25, 0.3) is 5.82 Å². The van der Waals surface area contributed by atoms with Crippen molar-refractivity contribution >= 4 is 11.6 Å². The number of anilines is 1. The zero-order valence-electron chi connectivity index (χ0n) is 14.0. The summed E-state index contributed by atoms with van der Waals surface area (Å²) in [6.45, 7) is 1.77. The second-order valence-electron chi connectivity index (χ2n) is 5.24. The predicted molar refractivity (Wildman–Crippen MR) is 93.2 cm³/mol. The first-order valence-corrected chi connectivity index (χ1v) is 7.69. The lowest BCUT2D eigenvalue weighted by molar-refractivity contribution is -0.118. The fourth-order valence-electron chi connectivity index (χ4n) is 2.30. The van der Waals surface area contributed by atoms with E-state index in [1.165, 1.54) is 0 Å². The maximum Gasteiger partial charge on any atom is 0.262 e. The molecule has 0 spiro atoms. The van der Waals surface area contributed by atoms with Crippen LogP contribution in [0.2, 0.25) is 0 Å². The van der Waals surface area contributed by atoms with Gasteiger partial charge in [0.25, 0.3) is 5.91 Å². The Bertz CT molecular complexity index is 859. The molecule has 0 saturated heterocycles. The van der Waals surface area contributed by atoms with E-state index in [0.29, 0.717) is 17.2 Å². The highest BCUT2D eigenvalue weighted by molar-refractivity contribution is 5.91. The minimum atomic E-state index is -0.278. The molecule has 7 nitrogen and oxygen atoms in total. The number of aryl methyl sites for hydroxylation is 1. The highest BCUT2D eigenvalue weighted by Crippen LogP contribution is 2.25. The van der Waals surface area contributed by atoms with Gasteiger partial charge in [-0.25, -0.2) is 9.97 Å². The van der Waals surface area contributed by atoms with Crippen molar-refractivity contribution in [3.8, 4) is 17.3 Å². The summed E-state index contributed by atoms with van der Waals surface area (Å²) in [4.78, 5) is 20.5. The molecule has 7 heteroatoms. The van der Waals surface area contributed by atoms with Gasteiger partial charge in [-0.15, -0.1) is 0 Å². The Hall–Kier alpha value is -3.35. The van der Waals surface area contributed by atoms with E-state index in [4.69, 9.17) is 9.47 Å². The van der Waals surface area contributed by atoms with Crippen LogP contribution in [0.5, 0.6) is 11.5 Å². The van der Waals surface area contributed by atoms with Crippen molar-refractivity contribution in [3.05, 3.63) is 60.8 Å². The van der Waals surface area contributed by atoms with Crippen molar-refractivity contribution in [1.29, 1.82) is 0 Å². The summed E-state index contributed by atoms with van der Waals surface area (Å²) in [5, 5.41) is 2.74. The molecule has 128 valence electrons. The van der Waals surface area contributed by atoms with Gasteiger partial charge in [0.05, 0.1) is 19.0 Å². The van der Waals surface area contributed by atoms with Gasteiger partial charge in [-0.3, -0.25) is 9.36 Å². The molecule has 0 aliphatic rings. The quantitative estimate of drug-likeness (QED) is 0.747. The lowest BCUT2D eigenvalue weighted by Crippen LogP contribution is -2.20. The Balaban J connectivity index is 1.59. The minimum absolute atomic E-state index is 0.122. The van der Waals surface area contributed by atoms with Crippen LogP contribution < -0.4 is 14.8 Å². The first-order chi connectivity index (χ1) is 12.2. The average molecular weight is 338 g/mol. The summed E-state index contributed by atoms with van der Waals surface area (Å²) in [6.07, 6.45) is 5.13. The molecule has 25 heavy (non-hydrogen) atoms. The smallest absolute Gasteiger partial charge is 0.262 e. The van der Waals surface area contributed by atoms with Crippen molar-refractivity contribution < 1.29 is 14.3 Å². The second-order valence-corrected chi connectivity index (χ2v) is 5.24. The number of amides is 1. The molecule has 0 atom stereocenters.